The first kappa shape index (κ1) is 24.8. The zero-order valence-electron chi connectivity index (χ0n) is 21.2. The Kier molecular flexibility index (Phi) is 7.42. The van der Waals surface area contributed by atoms with E-state index in [0.29, 0.717) is 24.7 Å². The number of unbranched alkanes of at least 4 members (excludes halogenated alkanes) is 1. The number of carbonyl (C=O) groups excluding carboxylic acids is 2. The van der Waals surface area contributed by atoms with Crippen LogP contribution in [-0.2, 0) is 21.0 Å². The van der Waals surface area contributed by atoms with Crippen LogP contribution in [0.3, 0.4) is 0 Å². The zero-order chi connectivity index (χ0) is 25.8. The molecule has 2 saturated heterocycles. The Hall–Kier alpha value is -3.84. The first-order valence-electron chi connectivity index (χ1n) is 12.9. The topological polar surface area (TPSA) is 68.3 Å². The van der Waals surface area contributed by atoms with Gasteiger partial charge in [-0.05, 0) is 48.7 Å². The maximum absolute atomic E-state index is 13.8. The SMILES string of the molecule is CCCCOc1ccc([C@@H]2[C@H]3C(=O)N(Cc4ccccc4)C(=O)[C@@H]3ON2c2ccccc2)cc1OCC. The van der Waals surface area contributed by atoms with Crippen LogP contribution in [0.25, 0.3) is 0 Å². The van der Waals surface area contributed by atoms with Crippen molar-refractivity contribution < 1.29 is 23.9 Å². The predicted molar refractivity (Wildman–Crippen MR) is 140 cm³/mol. The first-order chi connectivity index (χ1) is 18.1. The second-order valence-corrected chi connectivity index (χ2v) is 9.25. The molecule has 5 rings (SSSR count). The summed E-state index contributed by atoms with van der Waals surface area (Å²) in [7, 11) is 0. The number of imide groups is 1. The van der Waals surface area contributed by atoms with E-state index in [2.05, 4.69) is 6.92 Å². The van der Waals surface area contributed by atoms with E-state index in [9.17, 15) is 9.59 Å². The fourth-order valence-corrected chi connectivity index (χ4v) is 4.95. The average Bonchev–Trinajstić information content (AvgIpc) is 3.43. The minimum Gasteiger partial charge on any atom is -0.490 e. The van der Waals surface area contributed by atoms with Crippen molar-refractivity contribution in [1.82, 2.24) is 4.90 Å². The van der Waals surface area contributed by atoms with E-state index in [1.54, 1.807) is 5.06 Å². The average molecular weight is 501 g/mol. The van der Waals surface area contributed by atoms with E-state index < -0.39 is 18.1 Å². The number of hydrogen-bond donors (Lipinski definition) is 0. The number of nitrogens with zero attached hydrogens (tertiary/aromatic N) is 2. The molecule has 0 radical (unpaired) electrons. The van der Waals surface area contributed by atoms with E-state index in [0.717, 1.165) is 29.7 Å². The highest BCUT2D eigenvalue weighted by molar-refractivity contribution is 6.07. The molecule has 3 atom stereocenters. The minimum atomic E-state index is -0.891. The summed E-state index contributed by atoms with van der Waals surface area (Å²) in [5.41, 5.74) is 2.50. The molecule has 0 aromatic heterocycles. The van der Waals surface area contributed by atoms with Gasteiger partial charge in [-0.15, -0.1) is 0 Å². The summed E-state index contributed by atoms with van der Waals surface area (Å²) in [5, 5.41) is 1.70. The minimum absolute atomic E-state index is 0.224. The number of para-hydroxylation sites is 1. The molecule has 0 N–H and O–H groups in total. The Morgan fingerprint density at radius 2 is 1.57 bits per heavy atom. The van der Waals surface area contributed by atoms with Gasteiger partial charge >= 0.3 is 0 Å². The molecule has 0 saturated carbocycles. The Balaban J connectivity index is 1.51. The number of carbonyl (C=O) groups is 2. The lowest BCUT2D eigenvalue weighted by molar-refractivity contribution is -0.143. The van der Waals surface area contributed by atoms with Crippen LogP contribution in [0.1, 0.15) is 43.9 Å². The van der Waals surface area contributed by atoms with Gasteiger partial charge < -0.3 is 9.47 Å². The molecule has 37 heavy (non-hydrogen) atoms. The Morgan fingerprint density at radius 1 is 0.838 bits per heavy atom. The molecule has 0 spiro atoms. The highest BCUT2D eigenvalue weighted by Crippen LogP contribution is 2.48. The van der Waals surface area contributed by atoms with Crippen molar-refractivity contribution in [3.63, 3.8) is 0 Å². The van der Waals surface area contributed by atoms with Crippen molar-refractivity contribution in [2.24, 2.45) is 5.92 Å². The quantitative estimate of drug-likeness (QED) is 0.278. The van der Waals surface area contributed by atoms with Gasteiger partial charge in [0.05, 0.1) is 31.5 Å². The number of hydroxylamine groups is 1. The van der Waals surface area contributed by atoms with Crippen molar-refractivity contribution in [3.8, 4) is 11.5 Å². The molecule has 2 fully saturated rings. The molecule has 2 aliphatic rings. The molecule has 7 nitrogen and oxygen atoms in total. The second kappa shape index (κ2) is 11.0. The third kappa shape index (κ3) is 4.91. The molecule has 0 aliphatic carbocycles. The maximum atomic E-state index is 13.8. The van der Waals surface area contributed by atoms with Crippen LogP contribution in [-0.4, -0.2) is 36.0 Å². The number of amides is 2. The molecule has 3 aromatic rings. The summed E-state index contributed by atoms with van der Waals surface area (Å²) in [6, 6.07) is 24.3. The highest BCUT2D eigenvalue weighted by Gasteiger charge is 2.59. The Morgan fingerprint density at radius 3 is 2.27 bits per heavy atom. The second-order valence-electron chi connectivity index (χ2n) is 9.25. The van der Waals surface area contributed by atoms with Gasteiger partial charge in [-0.3, -0.25) is 19.3 Å². The van der Waals surface area contributed by atoms with Gasteiger partial charge in [0.1, 0.15) is 5.92 Å². The van der Waals surface area contributed by atoms with Crippen molar-refractivity contribution in [2.75, 3.05) is 18.3 Å². The van der Waals surface area contributed by atoms with Gasteiger partial charge in [-0.1, -0.05) is 67.9 Å². The molecule has 2 heterocycles. The monoisotopic (exact) mass is 500 g/mol. The van der Waals surface area contributed by atoms with E-state index >= 15 is 0 Å². The number of ether oxygens (including phenoxy) is 2. The zero-order valence-corrected chi connectivity index (χ0v) is 21.2. The van der Waals surface area contributed by atoms with E-state index in [-0.39, 0.29) is 18.4 Å². The largest absolute Gasteiger partial charge is 0.490 e. The number of anilines is 1. The standard InChI is InChI=1S/C30H32N2O5/c1-3-5-18-36-24-17-16-22(19-25(24)35-4-2)27-26-28(37-32(27)23-14-10-7-11-15-23)30(34)31(29(26)33)20-21-12-8-6-9-13-21/h6-17,19,26-28H,3-5,18,20H2,1-2H3/t26-,27-,28-/m1/s1. The fourth-order valence-electron chi connectivity index (χ4n) is 4.95. The molecule has 192 valence electrons. The number of rotatable bonds is 10. The molecular formula is C30H32N2O5. The molecule has 3 aromatic carbocycles. The third-order valence-electron chi connectivity index (χ3n) is 6.77. The third-order valence-corrected chi connectivity index (χ3v) is 6.77. The van der Waals surface area contributed by atoms with E-state index in [1.807, 2.05) is 85.8 Å². The summed E-state index contributed by atoms with van der Waals surface area (Å²) in [5.74, 6) is 0.0545. The van der Waals surface area contributed by atoms with Crippen molar-refractivity contribution >= 4 is 17.5 Å². The lowest BCUT2D eigenvalue weighted by Crippen LogP contribution is -2.36. The van der Waals surface area contributed by atoms with E-state index in [4.69, 9.17) is 14.3 Å². The molecular weight excluding hydrogens is 468 g/mol. The number of likely N-dealkylation sites (tertiary alicyclic amines) is 1. The van der Waals surface area contributed by atoms with Crippen LogP contribution in [0, 0.1) is 5.92 Å². The summed E-state index contributed by atoms with van der Waals surface area (Å²) in [4.78, 5) is 34.8. The van der Waals surface area contributed by atoms with Crippen LogP contribution in [0.2, 0.25) is 0 Å². The summed E-state index contributed by atoms with van der Waals surface area (Å²) in [6.07, 6.45) is 1.09. The smallest absolute Gasteiger partial charge is 0.262 e. The lowest BCUT2D eigenvalue weighted by atomic mass is 9.90. The van der Waals surface area contributed by atoms with Crippen LogP contribution < -0.4 is 14.5 Å². The molecule has 0 bridgehead atoms. The molecule has 2 aliphatic heterocycles. The normalized spacial score (nSPS) is 20.9. The van der Waals surface area contributed by atoms with Crippen LogP contribution in [0.4, 0.5) is 5.69 Å². The summed E-state index contributed by atoms with van der Waals surface area (Å²) >= 11 is 0. The number of benzene rings is 3. The van der Waals surface area contributed by atoms with Crippen molar-refractivity contribution in [1.29, 1.82) is 0 Å². The molecule has 7 heteroatoms. The van der Waals surface area contributed by atoms with Crippen LogP contribution in [0.5, 0.6) is 11.5 Å². The number of hydrogen-bond acceptors (Lipinski definition) is 6. The Labute approximate surface area is 217 Å². The van der Waals surface area contributed by atoms with Gasteiger partial charge in [0.25, 0.3) is 5.91 Å². The lowest BCUT2D eigenvalue weighted by Gasteiger charge is -2.29. The molecule has 2 amide bonds. The Bertz CT molecular complexity index is 1230. The maximum Gasteiger partial charge on any atom is 0.262 e. The highest BCUT2D eigenvalue weighted by atomic mass is 16.7. The summed E-state index contributed by atoms with van der Waals surface area (Å²) < 4.78 is 11.9. The van der Waals surface area contributed by atoms with Crippen molar-refractivity contribution in [2.45, 2.75) is 45.4 Å². The van der Waals surface area contributed by atoms with Crippen molar-refractivity contribution in [3.05, 3.63) is 90.0 Å². The fraction of sp³-hybridized carbons (Fsp3) is 0.333. The first-order valence-corrected chi connectivity index (χ1v) is 12.9. The van der Waals surface area contributed by atoms with Crippen LogP contribution in [0.15, 0.2) is 78.9 Å². The van der Waals surface area contributed by atoms with Gasteiger partial charge in [-0.25, -0.2) is 5.06 Å². The van der Waals surface area contributed by atoms with Gasteiger partial charge in [0, 0.05) is 0 Å². The summed E-state index contributed by atoms with van der Waals surface area (Å²) in [6.45, 7) is 5.34. The molecule has 0 unspecified atom stereocenters. The van der Waals surface area contributed by atoms with Gasteiger partial charge in [0.15, 0.2) is 17.6 Å². The van der Waals surface area contributed by atoms with Gasteiger partial charge in [0.2, 0.25) is 5.91 Å². The predicted octanol–water partition coefficient (Wildman–Crippen LogP) is 5.31. The van der Waals surface area contributed by atoms with E-state index in [1.165, 1.54) is 4.90 Å². The van der Waals surface area contributed by atoms with Gasteiger partial charge in [-0.2, -0.15) is 0 Å². The van der Waals surface area contributed by atoms with Crippen LogP contribution >= 0.6 is 0 Å². The number of fused-ring (bicyclic) bond motifs is 1.